The van der Waals surface area contributed by atoms with E-state index in [2.05, 4.69) is 78.7 Å². The zero-order valence-corrected chi connectivity index (χ0v) is 23.1. The molecule has 0 aromatic heterocycles. The van der Waals surface area contributed by atoms with Gasteiger partial charge in [0, 0.05) is 52.9 Å². The number of carbonyl (C=O) groups excluding carboxylic acids is 1. The average Bonchev–Trinajstić information content (AvgIpc) is 3.31. The molecule has 202 valence electrons. The minimum atomic E-state index is -1.11. The predicted octanol–water partition coefficient (Wildman–Crippen LogP) is 8.33. The molecule has 0 radical (unpaired) electrons. The fourth-order valence-corrected chi connectivity index (χ4v) is 5.98. The van der Waals surface area contributed by atoms with E-state index in [1.54, 1.807) is 0 Å². The van der Waals surface area contributed by atoms with Crippen molar-refractivity contribution >= 4 is 23.0 Å². The molecular formula is C36H30N2O3. The maximum absolute atomic E-state index is 13.3. The maximum atomic E-state index is 13.3. The molecule has 2 aliphatic rings. The standard InChI is InChI=1S/C36H30N2O3/c1-3-38(27-16-13-24(2)14-17-27)28-18-19-31-34(22-28)40-33-20-15-26(37-23-25-9-5-4-6-10-25)21-32(33)36(31)30-12-8-7-11-29(30)35(39)41-36/h4-22,37H,3,23H2,1-2H3. The molecule has 0 bridgehead atoms. The lowest BCUT2D eigenvalue weighted by atomic mass is 9.77. The second-order valence-corrected chi connectivity index (χ2v) is 10.5. The molecule has 1 N–H and O–H groups in total. The van der Waals surface area contributed by atoms with Crippen LogP contribution >= 0.6 is 0 Å². The molecular weight excluding hydrogens is 508 g/mol. The lowest BCUT2D eigenvalue weighted by Crippen LogP contribution is -2.33. The molecule has 0 fully saturated rings. The van der Waals surface area contributed by atoms with Crippen LogP contribution in [0.4, 0.5) is 17.1 Å². The molecule has 7 rings (SSSR count). The van der Waals surface area contributed by atoms with Crippen LogP contribution in [0.3, 0.4) is 0 Å². The van der Waals surface area contributed by atoms with Crippen LogP contribution in [0, 0.1) is 6.92 Å². The first-order valence-corrected chi connectivity index (χ1v) is 14.0. The third kappa shape index (κ3) is 4.13. The molecule has 41 heavy (non-hydrogen) atoms. The van der Waals surface area contributed by atoms with Crippen molar-refractivity contribution < 1.29 is 14.3 Å². The number of nitrogens with zero attached hydrogens (tertiary/aromatic N) is 1. The van der Waals surface area contributed by atoms with E-state index >= 15 is 0 Å². The molecule has 1 spiro atoms. The van der Waals surface area contributed by atoms with Gasteiger partial charge in [0.1, 0.15) is 11.5 Å². The third-order valence-corrected chi connectivity index (χ3v) is 8.01. The summed E-state index contributed by atoms with van der Waals surface area (Å²) in [6, 6.07) is 38.6. The Hall–Kier alpha value is -5.03. The fraction of sp³-hybridized carbons (Fsp3) is 0.139. The highest BCUT2D eigenvalue weighted by Gasteiger charge is 2.53. The van der Waals surface area contributed by atoms with Gasteiger partial charge in [-0.25, -0.2) is 4.79 Å². The maximum Gasteiger partial charge on any atom is 0.340 e. The first kappa shape index (κ1) is 25.0. The number of esters is 1. The summed E-state index contributed by atoms with van der Waals surface area (Å²) >= 11 is 0. The van der Waals surface area contributed by atoms with Crippen LogP contribution in [-0.4, -0.2) is 12.5 Å². The van der Waals surface area contributed by atoms with Gasteiger partial charge in [-0.1, -0.05) is 66.2 Å². The number of rotatable bonds is 6. The molecule has 5 aromatic rings. The molecule has 2 aliphatic heterocycles. The largest absolute Gasteiger partial charge is 0.456 e. The Balaban J connectivity index is 1.35. The van der Waals surface area contributed by atoms with Gasteiger partial charge in [-0.3, -0.25) is 0 Å². The van der Waals surface area contributed by atoms with Gasteiger partial charge >= 0.3 is 5.97 Å². The smallest absolute Gasteiger partial charge is 0.340 e. The van der Waals surface area contributed by atoms with Crippen molar-refractivity contribution in [2.45, 2.75) is 26.0 Å². The van der Waals surface area contributed by atoms with Crippen LogP contribution in [0.5, 0.6) is 11.5 Å². The first-order valence-electron chi connectivity index (χ1n) is 14.0. The molecule has 0 amide bonds. The van der Waals surface area contributed by atoms with E-state index in [4.69, 9.17) is 9.47 Å². The Bertz CT molecular complexity index is 1760. The lowest BCUT2D eigenvalue weighted by molar-refractivity contribution is 0.0224. The molecule has 5 heteroatoms. The lowest BCUT2D eigenvalue weighted by Gasteiger charge is -2.37. The van der Waals surface area contributed by atoms with Crippen LogP contribution < -0.4 is 15.0 Å². The second-order valence-electron chi connectivity index (χ2n) is 10.5. The Morgan fingerprint density at radius 1 is 0.732 bits per heavy atom. The Labute approximate surface area is 240 Å². The van der Waals surface area contributed by atoms with Crippen molar-refractivity contribution in [3.8, 4) is 11.5 Å². The van der Waals surface area contributed by atoms with Crippen molar-refractivity contribution in [3.05, 3.63) is 149 Å². The van der Waals surface area contributed by atoms with Gasteiger partial charge in [0.2, 0.25) is 0 Å². The summed E-state index contributed by atoms with van der Waals surface area (Å²) in [5.74, 6) is 1.01. The van der Waals surface area contributed by atoms with Gasteiger partial charge in [-0.15, -0.1) is 0 Å². The van der Waals surface area contributed by atoms with Crippen LogP contribution in [-0.2, 0) is 16.9 Å². The fourth-order valence-electron chi connectivity index (χ4n) is 5.98. The number of hydrogen-bond donors (Lipinski definition) is 1. The van der Waals surface area contributed by atoms with E-state index in [1.807, 2.05) is 60.7 Å². The minimum Gasteiger partial charge on any atom is -0.456 e. The van der Waals surface area contributed by atoms with E-state index < -0.39 is 5.60 Å². The van der Waals surface area contributed by atoms with Gasteiger partial charge in [0.25, 0.3) is 0 Å². The molecule has 5 aromatic carbocycles. The number of carbonyl (C=O) groups is 1. The van der Waals surface area contributed by atoms with E-state index in [0.29, 0.717) is 23.6 Å². The summed E-state index contributed by atoms with van der Waals surface area (Å²) in [5.41, 5.74) is 7.35. The summed E-state index contributed by atoms with van der Waals surface area (Å²) in [6.07, 6.45) is 0. The third-order valence-electron chi connectivity index (χ3n) is 8.01. The second kappa shape index (κ2) is 9.86. The molecule has 0 aliphatic carbocycles. The molecule has 0 saturated heterocycles. The average molecular weight is 539 g/mol. The van der Waals surface area contributed by atoms with Gasteiger partial charge in [0.05, 0.1) is 5.56 Å². The normalized spacial score (nSPS) is 16.3. The highest BCUT2D eigenvalue weighted by Crippen LogP contribution is 2.57. The van der Waals surface area contributed by atoms with Crippen LogP contribution in [0.15, 0.2) is 115 Å². The number of benzene rings is 5. The molecule has 5 nitrogen and oxygen atoms in total. The zero-order valence-electron chi connectivity index (χ0n) is 23.1. The van der Waals surface area contributed by atoms with Crippen molar-refractivity contribution in [1.29, 1.82) is 0 Å². The monoisotopic (exact) mass is 538 g/mol. The molecule has 1 atom stereocenters. The molecule has 2 heterocycles. The first-order chi connectivity index (χ1) is 20.1. The van der Waals surface area contributed by atoms with Crippen LogP contribution in [0.1, 0.15) is 45.1 Å². The Morgan fingerprint density at radius 2 is 1.49 bits per heavy atom. The SMILES string of the molecule is CCN(c1ccc(C)cc1)c1ccc2c(c1)Oc1ccc(NCc3ccccc3)cc1C21OC(=O)c2ccccc21. The van der Waals surface area contributed by atoms with Crippen molar-refractivity contribution in [2.24, 2.45) is 0 Å². The number of aryl methyl sites for hydroxylation is 1. The summed E-state index contributed by atoms with van der Waals surface area (Å²) in [7, 11) is 0. The van der Waals surface area contributed by atoms with E-state index in [0.717, 1.165) is 40.3 Å². The highest BCUT2D eigenvalue weighted by atomic mass is 16.6. The topological polar surface area (TPSA) is 50.8 Å². The van der Waals surface area contributed by atoms with Crippen LogP contribution in [0.2, 0.25) is 0 Å². The van der Waals surface area contributed by atoms with Gasteiger partial charge in [-0.2, -0.15) is 0 Å². The Kier molecular flexibility index (Phi) is 6.01. The summed E-state index contributed by atoms with van der Waals surface area (Å²) in [6.45, 7) is 5.69. The summed E-state index contributed by atoms with van der Waals surface area (Å²) in [5, 5.41) is 3.53. The highest BCUT2D eigenvalue weighted by molar-refractivity contribution is 5.97. The quantitative estimate of drug-likeness (QED) is 0.220. The Morgan fingerprint density at radius 3 is 2.29 bits per heavy atom. The molecule has 0 saturated carbocycles. The van der Waals surface area contributed by atoms with E-state index in [-0.39, 0.29) is 5.97 Å². The number of anilines is 3. The minimum absolute atomic E-state index is 0.332. The number of hydrogen-bond acceptors (Lipinski definition) is 5. The summed E-state index contributed by atoms with van der Waals surface area (Å²) < 4.78 is 13.0. The molecule has 1 unspecified atom stereocenters. The van der Waals surface area contributed by atoms with Gasteiger partial charge < -0.3 is 19.7 Å². The van der Waals surface area contributed by atoms with E-state index in [9.17, 15) is 4.79 Å². The van der Waals surface area contributed by atoms with E-state index in [1.165, 1.54) is 11.1 Å². The van der Waals surface area contributed by atoms with Crippen molar-refractivity contribution in [3.63, 3.8) is 0 Å². The summed E-state index contributed by atoms with van der Waals surface area (Å²) in [4.78, 5) is 15.5. The zero-order chi connectivity index (χ0) is 28.0. The van der Waals surface area contributed by atoms with Crippen molar-refractivity contribution in [1.82, 2.24) is 0 Å². The van der Waals surface area contributed by atoms with Gasteiger partial charge in [-0.05, 0) is 67.9 Å². The number of fused-ring (bicyclic) bond motifs is 6. The number of nitrogens with one attached hydrogen (secondary N) is 1. The van der Waals surface area contributed by atoms with Crippen LogP contribution in [0.25, 0.3) is 0 Å². The van der Waals surface area contributed by atoms with Gasteiger partial charge in [0.15, 0.2) is 5.60 Å². The number of ether oxygens (including phenoxy) is 2. The predicted molar refractivity (Wildman–Crippen MR) is 162 cm³/mol. The van der Waals surface area contributed by atoms with Crippen molar-refractivity contribution in [2.75, 3.05) is 16.8 Å².